The second-order valence-electron chi connectivity index (χ2n) is 4.34. The van der Waals surface area contributed by atoms with Crippen molar-refractivity contribution in [2.75, 3.05) is 6.54 Å². The Balaban J connectivity index is 1.95. The predicted molar refractivity (Wildman–Crippen MR) is 75.3 cm³/mol. The van der Waals surface area contributed by atoms with Crippen LogP contribution in [0.2, 0.25) is 0 Å². The maximum Gasteiger partial charge on any atom is 0.270 e. The number of rotatable bonds is 7. The van der Waals surface area contributed by atoms with Gasteiger partial charge in [0.15, 0.2) is 0 Å². The summed E-state index contributed by atoms with van der Waals surface area (Å²) >= 11 is 0. The maximum absolute atomic E-state index is 12.0. The first-order chi connectivity index (χ1) is 9.99. The highest BCUT2D eigenvalue weighted by molar-refractivity contribution is 7.89. The van der Waals surface area contributed by atoms with Crippen LogP contribution in [0.25, 0.3) is 0 Å². The molecule has 0 aliphatic rings. The molecule has 0 fully saturated rings. The summed E-state index contributed by atoms with van der Waals surface area (Å²) in [6.07, 6.45) is 2.74. The Labute approximate surface area is 121 Å². The summed E-state index contributed by atoms with van der Waals surface area (Å²) in [4.78, 5) is 9.91. The topological polar surface area (TPSA) is 102 Å². The SMILES string of the molecule is O=[N+]([O-])c1cccc(S(=O)(=O)NCCCc2ccco2)c1. The number of hydrogen-bond donors (Lipinski definition) is 1. The van der Waals surface area contributed by atoms with Gasteiger partial charge in [-0.25, -0.2) is 13.1 Å². The van der Waals surface area contributed by atoms with Gasteiger partial charge in [0.05, 0.1) is 16.1 Å². The van der Waals surface area contributed by atoms with E-state index in [9.17, 15) is 18.5 Å². The highest BCUT2D eigenvalue weighted by atomic mass is 32.2. The number of nitrogens with zero attached hydrogens (tertiary/aromatic N) is 1. The van der Waals surface area contributed by atoms with Gasteiger partial charge in [0.2, 0.25) is 10.0 Å². The molecule has 0 amide bonds. The number of benzene rings is 1. The van der Waals surface area contributed by atoms with Crippen molar-refractivity contribution < 1.29 is 17.8 Å². The Hall–Kier alpha value is -2.19. The second kappa shape index (κ2) is 6.51. The molecule has 1 aromatic carbocycles. The van der Waals surface area contributed by atoms with Crippen LogP contribution >= 0.6 is 0 Å². The van der Waals surface area contributed by atoms with Gasteiger partial charge in [0.25, 0.3) is 5.69 Å². The van der Waals surface area contributed by atoms with Gasteiger partial charge in [-0.1, -0.05) is 6.07 Å². The van der Waals surface area contributed by atoms with Crippen LogP contribution < -0.4 is 4.72 Å². The van der Waals surface area contributed by atoms with Crippen LogP contribution in [0.4, 0.5) is 5.69 Å². The van der Waals surface area contributed by atoms with E-state index < -0.39 is 14.9 Å². The third-order valence-electron chi connectivity index (χ3n) is 2.81. The number of nitro benzene ring substituents is 1. The van der Waals surface area contributed by atoms with Crippen molar-refractivity contribution in [1.82, 2.24) is 4.72 Å². The zero-order valence-corrected chi connectivity index (χ0v) is 11.9. The van der Waals surface area contributed by atoms with E-state index >= 15 is 0 Å². The summed E-state index contributed by atoms with van der Waals surface area (Å²) in [5.41, 5.74) is -0.256. The average Bonchev–Trinajstić information content (AvgIpc) is 2.97. The minimum absolute atomic E-state index is 0.116. The Morgan fingerprint density at radius 3 is 2.71 bits per heavy atom. The summed E-state index contributed by atoms with van der Waals surface area (Å²) < 4.78 is 31.6. The molecular weight excluding hydrogens is 296 g/mol. The molecule has 0 atom stereocenters. The molecule has 2 rings (SSSR count). The number of nitrogens with one attached hydrogen (secondary N) is 1. The number of non-ortho nitro benzene ring substituents is 1. The van der Waals surface area contributed by atoms with Crippen molar-refractivity contribution in [2.45, 2.75) is 17.7 Å². The van der Waals surface area contributed by atoms with E-state index in [1.165, 1.54) is 18.2 Å². The number of sulfonamides is 1. The lowest BCUT2D eigenvalue weighted by Crippen LogP contribution is -2.25. The van der Waals surface area contributed by atoms with E-state index in [0.717, 1.165) is 11.8 Å². The molecule has 0 saturated heterocycles. The van der Waals surface area contributed by atoms with E-state index in [1.54, 1.807) is 12.3 Å². The van der Waals surface area contributed by atoms with Crippen LogP contribution in [0.1, 0.15) is 12.2 Å². The molecule has 0 saturated carbocycles. The number of hydrogen-bond acceptors (Lipinski definition) is 5. The molecule has 7 nitrogen and oxygen atoms in total. The van der Waals surface area contributed by atoms with Crippen molar-refractivity contribution in [3.05, 3.63) is 58.5 Å². The summed E-state index contributed by atoms with van der Waals surface area (Å²) in [5, 5.41) is 10.7. The first-order valence-electron chi connectivity index (χ1n) is 6.25. The quantitative estimate of drug-likeness (QED) is 0.479. The van der Waals surface area contributed by atoms with Crippen LogP contribution in [-0.4, -0.2) is 19.9 Å². The molecule has 0 unspecified atom stereocenters. The molecule has 0 aliphatic carbocycles. The molecule has 0 spiro atoms. The van der Waals surface area contributed by atoms with E-state index in [0.29, 0.717) is 12.8 Å². The summed E-state index contributed by atoms with van der Waals surface area (Å²) in [7, 11) is -3.74. The number of aryl methyl sites for hydroxylation is 1. The Kier molecular flexibility index (Phi) is 4.71. The lowest BCUT2D eigenvalue weighted by atomic mass is 10.2. The zero-order chi connectivity index (χ0) is 15.3. The van der Waals surface area contributed by atoms with Crippen LogP contribution in [0, 0.1) is 10.1 Å². The van der Waals surface area contributed by atoms with Crippen molar-refractivity contribution in [3.63, 3.8) is 0 Å². The molecular formula is C13H14N2O5S. The van der Waals surface area contributed by atoms with Gasteiger partial charge in [0.1, 0.15) is 5.76 Å². The van der Waals surface area contributed by atoms with Crippen molar-refractivity contribution in [1.29, 1.82) is 0 Å². The van der Waals surface area contributed by atoms with Crippen LogP contribution in [0.15, 0.2) is 52.0 Å². The fourth-order valence-corrected chi connectivity index (χ4v) is 2.88. The van der Waals surface area contributed by atoms with E-state index in [1.807, 2.05) is 6.07 Å². The second-order valence-corrected chi connectivity index (χ2v) is 6.10. The fourth-order valence-electron chi connectivity index (χ4n) is 1.77. The van der Waals surface area contributed by atoms with Crippen LogP contribution in [-0.2, 0) is 16.4 Å². The van der Waals surface area contributed by atoms with Gasteiger partial charge >= 0.3 is 0 Å². The van der Waals surface area contributed by atoms with E-state index in [2.05, 4.69) is 4.72 Å². The lowest BCUT2D eigenvalue weighted by Gasteiger charge is -2.06. The largest absolute Gasteiger partial charge is 0.469 e. The van der Waals surface area contributed by atoms with Gasteiger partial charge < -0.3 is 4.42 Å². The Bertz CT molecular complexity index is 710. The highest BCUT2D eigenvalue weighted by Gasteiger charge is 2.16. The zero-order valence-electron chi connectivity index (χ0n) is 11.1. The predicted octanol–water partition coefficient (Wildman–Crippen LogP) is 2.10. The molecule has 1 aromatic heterocycles. The Morgan fingerprint density at radius 1 is 1.24 bits per heavy atom. The van der Waals surface area contributed by atoms with Crippen molar-refractivity contribution in [2.24, 2.45) is 0 Å². The minimum atomic E-state index is -3.74. The third kappa shape index (κ3) is 4.14. The maximum atomic E-state index is 12.0. The van der Waals surface area contributed by atoms with Crippen molar-refractivity contribution in [3.8, 4) is 0 Å². The number of nitro groups is 1. The van der Waals surface area contributed by atoms with Gasteiger partial charge in [-0.15, -0.1) is 0 Å². The molecule has 2 aromatic rings. The summed E-state index contributed by atoms with van der Waals surface area (Å²) in [6, 6.07) is 8.53. The molecule has 1 heterocycles. The van der Waals surface area contributed by atoms with E-state index in [-0.39, 0.29) is 17.1 Å². The first-order valence-corrected chi connectivity index (χ1v) is 7.74. The molecule has 1 N–H and O–H groups in total. The first kappa shape index (κ1) is 15.2. The van der Waals surface area contributed by atoms with Gasteiger partial charge in [-0.05, 0) is 24.6 Å². The van der Waals surface area contributed by atoms with Gasteiger partial charge in [-0.3, -0.25) is 10.1 Å². The molecule has 0 bridgehead atoms. The molecule has 112 valence electrons. The minimum Gasteiger partial charge on any atom is -0.469 e. The Morgan fingerprint density at radius 2 is 2.05 bits per heavy atom. The number of furan rings is 1. The van der Waals surface area contributed by atoms with Crippen LogP contribution in [0.5, 0.6) is 0 Å². The molecule has 8 heteroatoms. The lowest BCUT2D eigenvalue weighted by molar-refractivity contribution is -0.385. The molecule has 0 aliphatic heterocycles. The van der Waals surface area contributed by atoms with Gasteiger partial charge in [-0.2, -0.15) is 0 Å². The van der Waals surface area contributed by atoms with E-state index in [4.69, 9.17) is 4.42 Å². The highest BCUT2D eigenvalue weighted by Crippen LogP contribution is 2.17. The summed E-state index contributed by atoms with van der Waals surface area (Å²) in [5.74, 6) is 0.782. The van der Waals surface area contributed by atoms with Crippen LogP contribution in [0.3, 0.4) is 0 Å². The van der Waals surface area contributed by atoms with Crippen molar-refractivity contribution >= 4 is 15.7 Å². The molecule has 0 radical (unpaired) electrons. The standard InChI is InChI=1S/C13H14N2O5S/c16-15(17)11-4-1-7-13(10-11)21(18,19)14-8-2-5-12-6-3-9-20-12/h1,3-4,6-7,9-10,14H,2,5,8H2. The monoisotopic (exact) mass is 310 g/mol. The summed E-state index contributed by atoms with van der Waals surface area (Å²) in [6.45, 7) is 0.228. The van der Waals surface area contributed by atoms with Gasteiger partial charge in [0, 0.05) is 25.1 Å². The third-order valence-corrected chi connectivity index (χ3v) is 4.27. The fraction of sp³-hybridized carbons (Fsp3) is 0.231. The normalized spacial score (nSPS) is 11.4. The molecule has 21 heavy (non-hydrogen) atoms. The smallest absolute Gasteiger partial charge is 0.270 e. The average molecular weight is 310 g/mol.